The molecule has 19 heavy (non-hydrogen) atoms. The van der Waals surface area contributed by atoms with Crippen LogP contribution in [0.3, 0.4) is 0 Å². The minimum Gasteiger partial charge on any atom is -0.352 e. The second-order valence-electron chi connectivity index (χ2n) is 6.55. The number of hydrogen-bond acceptors (Lipinski definition) is 3. The van der Waals surface area contributed by atoms with E-state index in [1.807, 2.05) is 6.92 Å². The largest absolute Gasteiger partial charge is 0.352 e. The molecule has 1 saturated carbocycles. The summed E-state index contributed by atoms with van der Waals surface area (Å²) in [4.78, 5) is 12.4. The maximum absolute atomic E-state index is 12.4. The Labute approximate surface area is 119 Å². The Kier molecular flexibility index (Phi) is 5.56. The lowest BCUT2D eigenvalue weighted by Crippen LogP contribution is -2.53. The van der Waals surface area contributed by atoms with E-state index >= 15 is 0 Å². The molecule has 1 amide bonds. The Morgan fingerprint density at radius 2 is 2.05 bits per heavy atom. The second-order valence-corrected chi connectivity index (χ2v) is 8.03. The summed E-state index contributed by atoms with van der Waals surface area (Å²) >= 11 is 0. The summed E-state index contributed by atoms with van der Waals surface area (Å²) in [5.41, 5.74) is 6.02. The highest BCUT2D eigenvalue weighted by Gasteiger charge is 2.45. The van der Waals surface area contributed by atoms with Crippen LogP contribution in [0.4, 0.5) is 0 Å². The van der Waals surface area contributed by atoms with E-state index in [-0.39, 0.29) is 29.3 Å². The SMILES string of the molecule is CC(CS(C)=O)NC(=O)C1CCC(N)C(C)C1(C)C. The van der Waals surface area contributed by atoms with E-state index in [4.69, 9.17) is 5.73 Å². The number of nitrogens with one attached hydrogen (secondary N) is 1. The molecular weight excluding hydrogens is 260 g/mol. The maximum Gasteiger partial charge on any atom is 0.223 e. The molecule has 0 heterocycles. The minimum atomic E-state index is -0.884. The molecule has 1 rings (SSSR count). The summed E-state index contributed by atoms with van der Waals surface area (Å²) in [7, 11) is -0.884. The molecule has 0 aromatic heterocycles. The fraction of sp³-hybridized carbons (Fsp3) is 0.929. The van der Waals surface area contributed by atoms with Gasteiger partial charge in [0.2, 0.25) is 5.91 Å². The fourth-order valence-electron chi connectivity index (χ4n) is 3.06. The number of rotatable bonds is 4. The van der Waals surface area contributed by atoms with Crippen LogP contribution in [0.25, 0.3) is 0 Å². The van der Waals surface area contributed by atoms with Gasteiger partial charge in [-0.05, 0) is 31.1 Å². The van der Waals surface area contributed by atoms with Gasteiger partial charge in [0.1, 0.15) is 0 Å². The normalized spacial score (nSPS) is 33.5. The van der Waals surface area contributed by atoms with Crippen LogP contribution in [0.5, 0.6) is 0 Å². The van der Waals surface area contributed by atoms with E-state index in [2.05, 4.69) is 26.1 Å². The lowest BCUT2D eigenvalue weighted by molar-refractivity contribution is -0.132. The van der Waals surface area contributed by atoms with Gasteiger partial charge in [0, 0.05) is 40.8 Å². The van der Waals surface area contributed by atoms with Crippen LogP contribution in [0.1, 0.15) is 40.5 Å². The zero-order valence-electron chi connectivity index (χ0n) is 12.7. The number of amides is 1. The molecule has 3 N–H and O–H groups in total. The van der Waals surface area contributed by atoms with Gasteiger partial charge in [0.05, 0.1) is 0 Å². The van der Waals surface area contributed by atoms with Gasteiger partial charge >= 0.3 is 0 Å². The van der Waals surface area contributed by atoms with Crippen molar-refractivity contribution in [2.45, 2.75) is 52.6 Å². The van der Waals surface area contributed by atoms with Crippen molar-refractivity contribution in [3.05, 3.63) is 0 Å². The van der Waals surface area contributed by atoms with E-state index in [1.165, 1.54) is 0 Å². The average molecular weight is 288 g/mol. The number of carbonyl (C=O) groups is 1. The molecule has 1 aliphatic carbocycles. The Morgan fingerprint density at radius 1 is 1.47 bits per heavy atom. The Hall–Kier alpha value is -0.420. The molecule has 0 spiro atoms. The van der Waals surface area contributed by atoms with Crippen LogP contribution in [0.2, 0.25) is 0 Å². The summed E-state index contributed by atoms with van der Waals surface area (Å²) in [6, 6.07) is 0.139. The van der Waals surface area contributed by atoms with Crippen LogP contribution in [-0.4, -0.2) is 34.2 Å². The lowest BCUT2D eigenvalue weighted by Gasteiger charge is -2.46. The molecule has 0 saturated heterocycles. The van der Waals surface area contributed by atoms with Gasteiger partial charge in [-0.1, -0.05) is 20.8 Å². The molecule has 5 unspecified atom stereocenters. The zero-order chi connectivity index (χ0) is 14.8. The molecule has 4 nitrogen and oxygen atoms in total. The van der Waals surface area contributed by atoms with E-state index < -0.39 is 10.8 Å². The van der Waals surface area contributed by atoms with Crippen molar-refractivity contribution in [2.24, 2.45) is 23.0 Å². The minimum absolute atomic E-state index is 0.00459. The van der Waals surface area contributed by atoms with Gasteiger partial charge in [-0.25, -0.2) is 0 Å². The van der Waals surface area contributed by atoms with Gasteiger partial charge in [0.25, 0.3) is 0 Å². The highest BCUT2D eigenvalue weighted by atomic mass is 32.2. The summed E-state index contributed by atoms with van der Waals surface area (Å²) in [6.07, 6.45) is 3.40. The van der Waals surface area contributed by atoms with Crippen LogP contribution >= 0.6 is 0 Å². The molecule has 5 heteroatoms. The van der Waals surface area contributed by atoms with E-state index in [1.54, 1.807) is 6.26 Å². The van der Waals surface area contributed by atoms with E-state index in [0.717, 1.165) is 12.8 Å². The molecule has 0 aliphatic heterocycles. The highest BCUT2D eigenvalue weighted by Crippen LogP contribution is 2.44. The van der Waals surface area contributed by atoms with Crippen molar-refractivity contribution < 1.29 is 9.00 Å². The third-order valence-electron chi connectivity index (χ3n) is 4.69. The third kappa shape index (κ3) is 4.02. The summed E-state index contributed by atoms with van der Waals surface area (Å²) in [5.74, 6) is 0.915. The number of carbonyl (C=O) groups excluding carboxylic acids is 1. The number of hydrogen-bond donors (Lipinski definition) is 2. The van der Waals surface area contributed by atoms with Crippen LogP contribution in [0, 0.1) is 17.3 Å². The predicted octanol–water partition coefficient (Wildman–Crippen LogP) is 1.27. The fourth-order valence-corrected chi connectivity index (χ4v) is 3.84. The monoisotopic (exact) mass is 288 g/mol. The highest BCUT2D eigenvalue weighted by molar-refractivity contribution is 7.84. The standard InChI is InChI=1S/C14H28N2O2S/c1-9(8-19(5)18)16-13(17)11-6-7-12(15)10(2)14(11,3)4/h9-12H,6-8,15H2,1-5H3,(H,16,17). The van der Waals surface area contributed by atoms with Gasteiger partial charge in [-0.3, -0.25) is 9.00 Å². The molecule has 0 aromatic rings. The molecule has 0 radical (unpaired) electrons. The Bertz CT molecular complexity index is 357. The zero-order valence-corrected chi connectivity index (χ0v) is 13.5. The van der Waals surface area contributed by atoms with Crippen molar-refractivity contribution in [1.82, 2.24) is 5.32 Å². The smallest absolute Gasteiger partial charge is 0.223 e. The first-order valence-corrected chi connectivity index (χ1v) is 8.75. The van der Waals surface area contributed by atoms with Gasteiger partial charge in [-0.2, -0.15) is 0 Å². The summed E-state index contributed by atoms with van der Waals surface area (Å²) < 4.78 is 11.2. The lowest BCUT2D eigenvalue weighted by atomic mass is 9.61. The Morgan fingerprint density at radius 3 is 2.58 bits per heavy atom. The van der Waals surface area contributed by atoms with Crippen LogP contribution < -0.4 is 11.1 Å². The van der Waals surface area contributed by atoms with Crippen molar-refractivity contribution >= 4 is 16.7 Å². The van der Waals surface area contributed by atoms with Crippen LogP contribution in [0.15, 0.2) is 0 Å². The maximum atomic E-state index is 12.4. The van der Waals surface area contributed by atoms with Crippen molar-refractivity contribution in [3.63, 3.8) is 0 Å². The molecule has 5 atom stereocenters. The van der Waals surface area contributed by atoms with E-state index in [0.29, 0.717) is 11.7 Å². The Balaban J connectivity index is 2.68. The van der Waals surface area contributed by atoms with Crippen molar-refractivity contribution in [1.29, 1.82) is 0 Å². The summed E-state index contributed by atoms with van der Waals surface area (Å²) in [5, 5.41) is 3.00. The molecule has 1 fully saturated rings. The topological polar surface area (TPSA) is 72.2 Å². The first-order chi connectivity index (χ1) is 8.66. The molecule has 112 valence electrons. The summed E-state index contributed by atoms with van der Waals surface area (Å²) in [6.45, 7) is 8.30. The van der Waals surface area contributed by atoms with Crippen molar-refractivity contribution in [3.8, 4) is 0 Å². The van der Waals surface area contributed by atoms with Gasteiger partial charge in [-0.15, -0.1) is 0 Å². The average Bonchev–Trinajstić information content (AvgIpc) is 2.24. The quantitative estimate of drug-likeness (QED) is 0.818. The second kappa shape index (κ2) is 6.35. The first-order valence-electron chi connectivity index (χ1n) is 7.02. The van der Waals surface area contributed by atoms with Crippen molar-refractivity contribution in [2.75, 3.05) is 12.0 Å². The third-order valence-corrected chi connectivity index (χ3v) is 5.66. The predicted molar refractivity (Wildman–Crippen MR) is 80.2 cm³/mol. The first kappa shape index (κ1) is 16.6. The van der Waals surface area contributed by atoms with E-state index in [9.17, 15) is 9.00 Å². The van der Waals surface area contributed by atoms with Gasteiger partial charge < -0.3 is 11.1 Å². The van der Waals surface area contributed by atoms with Gasteiger partial charge in [0.15, 0.2) is 0 Å². The molecule has 0 bridgehead atoms. The van der Waals surface area contributed by atoms with Crippen LogP contribution in [-0.2, 0) is 15.6 Å². The molecule has 1 aliphatic rings. The molecule has 0 aromatic carbocycles. The number of nitrogens with two attached hydrogens (primary N) is 1. The molecular formula is C14H28N2O2S.